The summed E-state index contributed by atoms with van der Waals surface area (Å²) in [5.41, 5.74) is 0. The van der Waals surface area contributed by atoms with Gasteiger partial charge in [-0.3, -0.25) is 0 Å². The highest BCUT2D eigenvalue weighted by molar-refractivity contribution is 4.92. The van der Waals surface area contributed by atoms with Crippen molar-refractivity contribution in [2.45, 2.75) is 78.0 Å². The van der Waals surface area contributed by atoms with E-state index in [4.69, 9.17) is 18.9 Å². The summed E-state index contributed by atoms with van der Waals surface area (Å²) in [4.78, 5) is 0. The normalized spacial score (nSPS) is 38.0. The van der Waals surface area contributed by atoms with Crippen LogP contribution in [-0.4, -0.2) is 38.0 Å². The van der Waals surface area contributed by atoms with Gasteiger partial charge in [0.15, 0.2) is 12.1 Å². The minimum Gasteiger partial charge on any atom is -0.378 e. The van der Waals surface area contributed by atoms with Crippen molar-refractivity contribution < 1.29 is 18.9 Å². The second-order valence-electron chi connectivity index (χ2n) is 6.19. The van der Waals surface area contributed by atoms with E-state index in [-0.39, 0.29) is 12.4 Å². The van der Waals surface area contributed by atoms with Gasteiger partial charge >= 0.3 is 0 Å². The van der Waals surface area contributed by atoms with Crippen LogP contribution in [0.2, 0.25) is 0 Å². The molecule has 21 heavy (non-hydrogen) atoms. The van der Waals surface area contributed by atoms with E-state index in [2.05, 4.69) is 6.92 Å². The lowest BCUT2D eigenvalue weighted by molar-refractivity contribution is -0.380. The van der Waals surface area contributed by atoms with Crippen LogP contribution in [0.3, 0.4) is 0 Å². The zero-order valence-electron chi connectivity index (χ0n) is 14.1. The van der Waals surface area contributed by atoms with Crippen LogP contribution in [0.5, 0.6) is 0 Å². The first-order valence-corrected chi connectivity index (χ1v) is 8.71. The Kier molecular flexibility index (Phi) is 6.48. The highest BCUT2D eigenvalue weighted by Crippen LogP contribution is 2.48. The number of ether oxygens (including phenoxy) is 4. The van der Waals surface area contributed by atoms with Crippen molar-refractivity contribution in [2.75, 3.05) is 19.8 Å². The lowest BCUT2D eigenvalue weighted by Crippen LogP contribution is -2.57. The topological polar surface area (TPSA) is 36.9 Å². The summed E-state index contributed by atoms with van der Waals surface area (Å²) in [6.07, 6.45) is 5.66. The Bertz CT molecular complexity index is 305. The molecule has 0 aromatic rings. The third kappa shape index (κ3) is 3.79. The SMILES string of the molecule is CCOC(C)C1CC2CCCCC2(OCC)OC1OCC. The van der Waals surface area contributed by atoms with Gasteiger partial charge in [0.05, 0.1) is 6.10 Å². The molecular formula is C17H32O4. The van der Waals surface area contributed by atoms with Gasteiger partial charge in [0, 0.05) is 38.1 Å². The molecule has 0 spiro atoms. The fourth-order valence-electron chi connectivity index (χ4n) is 3.95. The first-order valence-electron chi connectivity index (χ1n) is 8.71. The predicted molar refractivity (Wildman–Crippen MR) is 82.0 cm³/mol. The smallest absolute Gasteiger partial charge is 0.174 e. The summed E-state index contributed by atoms with van der Waals surface area (Å²) in [6, 6.07) is 0. The fraction of sp³-hybridized carbons (Fsp3) is 1.00. The van der Waals surface area contributed by atoms with Crippen LogP contribution in [0, 0.1) is 11.8 Å². The molecular weight excluding hydrogens is 268 g/mol. The third-order valence-electron chi connectivity index (χ3n) is 4.92. The monoisotopic (exact) mass is 300 g/mol. The maximum absolute atomic E-state index is 6.41. The second kappa shape index (κ2) is 7.91. The molecule has 2 fully saturated rings. The average molecular weight is 300 g/mol. The molecule has 124 valence electrons. The standard InChI is InChI=1S/C17H32O4/c1-5-18-13(4)15-12-14-10-8-9-11-17(14,20-7-3)21-16(15)19-6-2/h13-16H,5-12H2,1-4H3. The Morgan fingerprint density at radius 3 is 2.62 bits per heavy atom. The Morgan fingerprint density at radius 2 is 1.95 bits per heavy atom. The number of hydrogen-bond donors (Lipinski definition) is 0. The Morgan fingerprint density at radius 1 is 1.14 bits per heavy atom. The molecule has 0 aromatic carbocycles. The summed E-state index contributed by atoms with van der Waals surface area (Å²) in [5, 5.41) is 0. The first-order chi connectivity index (χ1) is 10.2. The summed E-state index contributed by atoms with van der Waals surface area (Å²) in [5.74, 6) is 0.340. The lowest BCUT2D eigenvalue weighted by atomic mass is 9.74. The van der Waals surface area contributed by atoms with Crippen LogP contribution >= 0.6 is 0 Å². The number of hydrogen-bond acceptors (Lipinski definition) is 4. The minimum atomic E-state index is -0.421. The molecule has 5 atom stereocenters. The van der Waals surface area contributed by atoms with Crippen molar-refractivity contribution in [2.24, 2.45) is 11.8 Å². The molecule has 0 radical (unpaired) electrons. The quantitative estimate of drug-likeness (QED) is 0.718. The van der Waals surface area contributed by atoms with E-state index in [0.717, 1.165) is 19.4 Å². The fourth-order valence-corrected chi connectivity index (χ4v) is 3.95. The van der Waals surface area contributed by atoms with Gasteiger partial charge in [0.1, 0.15) is 0 Å². The van der Waals surface area contributed by atoms with Crippen LogP contribution in [-0.2, 0) is 18.9 Å². The molecule has 1 saturated heterocycles. The Hall–Kier alpha value is -0.160. The highest BCUT2D eigenvalue weighted by Gasteiger charge is 2.52. The van der Waals surface area contributed by atoms with E-state index >= 15 is 0 Å². The van der Waals surface area contributed by atoms with Crippen LogP contribution in [0.4, 0.5) is 0 Å². The minimum absolute atomic E-state index is 0.160. The molecule has 0 N–H and O–H groups in total. The highest BCUT2D eigenvalue weighted by atomic mass is 16.8. The zero-order chi connectivity index (χ0) is 15.3. The molecule has 0 amide bonds. The second-order valence-corrected chi connectivity index (χ2v) is 6.19. The molecule has 1 aliphatic heterocycles. The molecule has 2 aliphatic rings. The first kappa shape index (κ1) is 17.2. The van der Waals surface area contributed by atoms with E-state index in [1.807, 2.05) is 20.8 Å². The molecule has 1 aliphatic carbocycles. The van der Waals surface area contributed by atoms with E-state index in [1.165, 1.54) is 19.3 Å². The average Bonchev–Trinajstić information content (AvgIpc) is 2.47. The third-order valence-corrected chi connectivity index (χ3v) is 4.92. The van der Waals surface area contributed by atoms with E-state index in [9.17, 15) is 0 Å². The summed E-state index contributed by atoms with van der Waals surface area (Å²) >= 11 is 0. The molecule has 4 nitrogen and oxygen atoms in total. The summed E-state index contributed by atoms with van der Waals surface area (Å²) in [7, 11) is 0. The van der Waals surface area contributed by atoms with Gasteiger partial charge in [-0.15, -0.1) is 0 Å². The van der Waals surface area contributed by atoms with Gasteiger partial charge in [0.2, 0.25) is 0 Å². The molecule has 1 saturated carbocycles. The summed E-state index contributed by atoms with van der Waals surface area (Å²) < 4.78 is 24.2. The van der Waals surface area contributed by atoms with E-state index < -0.39 is 5.79 Å². The van der Waals surface area contributed by atoms with Gasteiger partial charge in [-0.1, -0.05) is 6.42 Å². The summed E-state index contributed by atoms with van der Waals surface area (Å²) in [6.45, 7) is 10.3. The molecule has 2 rings (SSSR count). The largest absolute Gasteiger partial charge is 0.378 e. The molecule has 5 unspecified atom stereocenters. The van der Waals surface area contributed by atoms with E-state index in [1.54, 1.807) is 0 Å². The van der Waals surface area contributed by atoms with Gasteiger partial charge in [-0.25, -0.2) is 0 Å². The lowest BCUT2D eigenvalue weighted by Gasteiger charge is -2.52. The van der Waals surface area contributed by atoms with Crippen LogP contribution in [0.25, 0.3) is 0 Å². The van der Waals surface area contributed by atoms with Gasteiger partial charge in [-0.2, -0.15) is 0 Å². The van der Waals surface area contributed by atoms with Gasteiger partial charge < -0.3 is 18.9 Å². The van der Waals surface area contributed by atoms with Crippen molar-refractivity contribution in [3.8, 4) is 0 Å². The molecule has 0 bridgehead atoms. The van der Waals surface area contributed by atoms with Gasteiger partial charge in [0.25, 0.3) is 0 Å². The number of fused-ring (bicyclic) bond motifs is 1. The van der Waals surface area contributed by atoms with Crippen molar-refractivity contribution in [3.63, 3.8) is 0 Å². The van der Waals surface area contributed by atoms with Crippen LogP contribution in [0.15, 0.2) is 0 Å². The zero-order valence-corrected chi connectivity index (χ0v) is 14.1. The van der Waals surface area contributed by atoms with Crippen molar-refractivity contribution >= 4 is 0 Å². The maximum Gasteiger partial charge on any atom is 0.174 e. The van der Waals surface area contributed by atoms with Crippen LogP contribution in [0.1, 0.15) is 59.8 Å². The predicted octanol–water partition coefficient (Wildman–Crippen LogP) is 3.73. The van der Waals surface area contributed by atoms with E-state index in [0.29, 0.717) is 25.0 Å². The Balaban J connectivity index is 2.15. The number of rotatable bonds is 7. The molecule has 0 aromatic heterocycles. The molecule has 4 heteroatoms. The van der Waals surface area contributed by atoms with Gasteiger partial charge in [-0.05, 0) is 47.0 Å². The Labute approximate surface area is 129 Å². The maximum atomic E-state index is 6.41. The van der Waals surface area contributed by atoms with Crippen molar-refractivity contribution in [1.82, 2.24) is 0 Å². The van der Waals surface area contributed by atoms with Crippen LogP contribution < -0.4 is 0 Å². The van der Waals surface area contributed by atoms with Crippen molar-refractivity contribution in [1.29, 1.82) is 0 Å². The van der Waals surface area contributed by atoms with Crippen molar-refractivity contribution in [3.05, 3.63) is 0 Å². The molecule has 1 heterocycles.